The number of carbonyl (C=O) groups excluding carboxylic acids is 2. The van der Waals surface area contributed by atoms with Crippen LogP contribution in [0.2, 0.25) is 0 Å². The second kappa shape index (κ2) is 8.98. The first kappa shape index (κ1) is 22.3. The summed E-state index contributed by atoms with van der Waals surface area (Å²) >= 11 is 0. The molecular formula is C19H20F2N2O6. The number of hydroxylamine groups is 1. The van der Waals surface area contributed by atoms with Gasteiger partial charge in [-0.15, -0.1) is 0 Å². The Kier molecular flexibility index (Phi) is 6.89. The number of halogens is 2. The van der Waals surface area contributed by atoms with Gasteiger partial charge in [-0.05, 0) is 43.5 Å². The van der Waals surface area contributed by atoms with Crippen molar-refractivity contribution in [2.75, 3.05) is 0 Å². The highest BCUT2D eigenvalue weighted by molar-refractivity contribution is 5.97. The normalized spacial score (nSPS) is 20.6. The Morgan fingerprint density at radius 2 is 1.90 bits per heavy atom. The zero-order chi connectivity index (χ0) is 21.8. The van der Waals surface area contributed by atoms with E-state index in [0.29, 0.717) is 12.5 Å². The zero-order valence-corrected chi connectivity index (χ0v) is 15.4. The fourth-order valence-corrected chi connectivity index (χ4v) is 2.64. The summed E-state index contributed by atoms with van der Waals surface area (Å²) < 4.78 is 26.0. The highest BCUT2D eigenvalue weighted by Crippen LogP contribution is 2.40. The van der Waals surface area contributed by atoms with E-state index in [2.05, 4.69) is 11.8 Å². The summed E-state index contributed by atoms with van der Waals surface area (Å²) in [6.07, 6.45) is -2.57. The van der Waals surface area contributed by atoms with E-state index in [1.165, 1.54) is 24.3 Å². The van der Waals surface area contributed by atoms with Gasteiger partial charge in [0.25, 0.3) is 18.2 Å². The molecule has 2 rings (SSSR count). The maximum atomic E-state index is 13.0. The third-order valence-electron chi connectivity index (χ3n) is 4.58. The van der Waals surface area contributed by atoms with Gasteiger partial charge in [-0.2, -0.15) is 0 Å². The Balaban J connectivity index is 2.04. The van der Waals surface area contributed by atoms with Crippen molar-refractivity contribution in [2.24, 2.45) is 11.8 Å². The molecule has 8 nitrogen and oxygen atoms in total. The maximum Gasteiger partial charge on any atom is 0.303 e. The fraction of sp³-hybridized carbons (Fsp3) is 0.421. The van der Waals surface area contributed by atoms with E-state index in [4.69, 9.17) is 10.3 Å². The molecule has 1 fully saturated rings. The minimum Gasteiger partial charge on any atom is -0.481 e. The van der Waals surface area contributed by atoms with Crippen LogP contribution < -0.4 is 10.8 Å². The molecule has 2 amide bonds. The zero-order valence-electron chi connectivity index (χ0n) is 15.4. The molecule has 0 heterocycles. The van der Waals surface area contributed by atoms with Crippen LogP contribution in [0.4, 0.5) is 8.78 Å². The first-order valence-corrected chi connectivity index (χ1v) is 8.65. The van der Waals surface area contributed by atoms with Crippen molar-refractivity contribution in [2.45, 2.75) is 37.8 Å². The van der Waals surface area contributed by atoms with Crippen LogP contribution in [0.3, 0.4) is 0 Å². The Bertz CT molecular complexity index is 844. The minimum absolute atomic E-state index is 0.0170. The molecule has 1 aliphatic carbocycles. The largest absolute Gasteiger partial charge is 0.481 e. The lowest BCUT2D eigenvalue weighted by Crippen LogP contribution is -2.61. The van der Waals surface area contributed by atoms with Gasteiger partial charge in [-0.1, -0.05) is 11.8 Å². The first-order chi connectivity index (χ1) is 13.6. The summed E-state index contributed by atoms with van der Waals surface area (Å²) in [5, 5.41) is 29.2. The monoisotopic (exact) mass is 410 g/mol. The van der Waals surface area contributed by atoms with Crippen molar-refractivity contribution >= 4 is 17.8 Å². The number of carboxylic acid groups (broad SMARTS) is 1. The van der Waals surface area contributed by atoms with Crippen molar-refractivity contribution < 1.29 is 38.6 Å². The van der Waals surface area contributed by atoms with Crippen LogP contribution in [0.5, 0.6) is 0 Å². The van der Waals surface area contributed by atoms with Crippen molar-refractivity contribution in [3.63, 3.8) is 0 Å². The third kappa shape index (κ3) is 5.73. The van der Waals surface area contributed by atoms with E-state index in [1.807, 2.05) is 5.32 Å². The molecule has 0 spiro atoms. The summed E-state index contributed by atoms with van der Waals surface area (Å²) in [6.45, 7) is 0.659. The molecule has 2 unspecified atom stereocenters. The third-order valence-corrected chi connectivity index (χ3v) is 4.58. The highest BCUT2D eigenvalue weighted by Gasteiger charge is 2.46. The van der Waals surface area contributed by atoms with E-state index in [1.54, 1.807) is 0 Å². The molecule has 4 atom stereocenters. The molecule has 29 heavy (non-hydrogen) atoms. The second-order valence-electron chi connectivity index (χ2n) is 6.96. The number of carboxylic acids is 1. The predicted octanol–water partition coefficient (Wildman–Crippen LogP) is 0.769. The number of amides is 2. The lowest BCUT2D eigenvalue weighted by atomic mass is 9.95. The van der Waals surface area contributed by atoms with Crippen LogP contribution in [-0.4, -0.2) is 51.3 Å². The SMILES string of the molecule is C[C@@](O)(C(F)F)[C@H](NC(=O)c1ccc(C#CC2CC2CC(=O)O)cc1)C(=O)NO. The summed E-state index contributed by atoms with van der Waals surface area (Å²) in [6, 6.07) is 3.62. The number of rotatable bonds is 7. The van der Waals surface area contributed by atoms with Gasteiger partial charge < -0.3 is 15.5 Å². The molecule has 0 radical (unpaired) electrons. The average molecular weight is 410 g/mol. The number of aliphatic carboxylic acids is 1. The summed E-state index contributed by atoms with van der Waals surface area (Å²) in [5.41, 5.74) is -1.19. The van der Waals surface area contributed by atoms with Gasteiger partial charge in [0.1, 0.15) is 6.04 Å². The quantitative estimate of drug-likeness (QED) is 0.256. The van der Waals surface area contributed by atoms with Gasteiger partial charge in [0.05, 0.1) is 0 Å². The molecule has 10 heteroatoms. The molecule has 156 valence electrons. The first-order valence-electron chi connectivity index (χ1n) is 8.65. The summed E-state index contributed by atoms with van der Waals surface area (Å²) in [4.78, 5) is 34.5. The molecule has 5 N–H and O–H groups in total. The Labute approximate surface area is 164 Å². The molecule has 1 aromatic rings. The molecular weight excluding hydrogens is 390 g/mol. The molecule has 1 aromatic carbocycles. The Morgan fingerprint density at radius 1 is 1.28 bits per heavy atom. The second-order valence-corrected chi connectivity index (χ2v) is 6.96. The molecule has 0 aromatic heterocycles. The smallest absolute Gasteiger partial charge is 0.303 e. The van der Waals surface area contributed by atoms with E-state index in [0.717, 1.165) is 11.9 Å². The molecule has 0 aliphatic heterocycles. The van der Waals surface area contributed by atoms with Crippen LogP contribution >= 0.6 is 0 Å². The molecule has 0 saturated heterocycles. The predicted molar refractivity (Wildman–Crippen MR) is 95.0 cm³/mol. The van der Waals surface area contributed by atoms with E-state index in [-0.39, 0.29) is 23.8 Å². The van der Waals surface area contributed by atoms with Crippen LogP contribution in [0.25, 0.3) is 0 Å². The fourth-order valence-electron chi connectivity index (χ4n) is 2.64. The van der Waals surface area contributed by atoms with Crippen LogP contribution in [0.15, 0.2) is 24.3 Å². The lowest BCUT2D eigenvalue weighted by Gasteiger charge is -2.30. The number of hydrogen-bond donors (Lipinski definition) is 5. The van der Waals surface area contributed by atoms with Crippen molar-refractivity contribution in [1.29, 1.82) is 0 Å². The number of hydrogen-bond acceptors (Lipinski definition) is 5. The van der Waals surface area contributed by atoms with E-state index in [9.17, 15) is 28.3 Å². The lowest BCUT2D eigenvalue weighted by molar-refractivity contribution is -0.149. The minimum atomic E-state index is -3.37. The van der Waals surface area contributed by atoms with Gasteiger partial charge in [0.2, 0.25) is 0 Å². The standard InChI is InChI=1S/C19H20F2N2O6/c1-19(28,18(20)21)15(17(27)23-29)22-16(26)11-5-2-10(3-6-11)4-7-12-8-13(12)9-14(24)25/h2-3,5-6,12-13,15,18,28-29H,8-9H2,1H3,(H,22,26)(H,23,27)(H,24,25)/t12?,13?,15-,19+/m1/s1. The van der Waals surface area contributed by atoms with Gasteiger partial charge in [0, 0.05) is 23.5 Å². The summed E-state index contributed by atoms with van der Waals surface area (Å²) in [7, 11) is 0. The maximum absolute atomic E-state index is 13.0. The van der Waals surface area contributed by atoms with E-state index >= 15 is 0 Å². The highest BCUT2D eigenvalue weighted by atomic mass is 19.3. The van der Waals surface area contributed by atoms with Crippen LogP contribution in [0, 0.1) is 23.7 Å². The van der Waals surface area contributed by atoms with Gasteiger partial charge in [-0.3, -0.25) is 19.6 Å². The van der Waals surface area contributed by atoms with Crippen molar-refractivity contribution in [1.82, 2.24) is 10.8 Å². The molecule has 0 bridgehead atoms. The molecule has 1 aliphatic rings. The Hall–Kier alpha value is -3.03. The number of benzene rings is 1. The van der Waals surface area contributed by atoms with Crippen LogP contribution in [0.1, 0.15) is 35.7 Å². The van der Waals surface area contributed by atoms with E-state index < -0.39 is 35.9 Å². The summed E-state index contributed by atoms with van der Waals surface area (Å²) in [5.74, 6) is 2.71. The number of alkyl halides is 2. The molecule has 1 saturated carbocycles. The number of nitrogens with one attached hydrogen (secondary N) is 2. The van der Waals surface area contributed by atoms with Gasteiger partial charge >= 0.3 is 5.97 Å². The number of aliphatic hydroxyl groups is 1. The Morgan fingerprint density at radius 3 is 2.41 bits per heavy atom. The van der Waals surface area contributed by atoms with Gasteiger partial charge in [0.15, 0.2) is 5.60 Å². The number of carbonyl (C=O) groups is 3. The average Bonchev–Trinajstić information content (AvgIpc) is 3.40. The van der Waals surface area contributed by atoms with Gasteiger partial charge in [-0.25, -0.2) is 14.3 Å². The van der Waals surface area contributed by atoms with Crippen molar-refractivity contribution in [3.05, 3.63) is 35.4 Å². The van der Waals surface area contributed by atoms with Crippen LogP contribution in [-0.2, 0) is 9.59 Å². The topological polar surface area (TPSA) is 136 Å². The van der Waals surface area contributed by atoms with Crippen molar-refractivity contribution in [3.8, 4) is 11.8 Å².